The molecule has 0 spiro atoms. The summed E-state index contributed by atoms with van der Waals surface area (Å²) >= 11 is 0. The van der Waals surface area contributed by atoms with Gasteiger partial charge in [0.15, 0.2) is 0 Å². The molecule has 0 aliphatic heterocycles. The second kappa shape index (κ2) is 2.87. The van der Waals surface area contributed by atoms with Gasteiger partial charge in [0.2, 0.25) is 0 Å². The second-order valence-corrected chi connectivity index (χ2v) is 4.88. The van der Waals surface area contributed by atoms with Gasteiger partial charge in [-0.15, -0.1) is 0 Å². The van der Waals surface area contributed by atoms with E-state index >= 15 is 0 Å². The first kappa shape index (κ1) is 8.29. The fraction of sp³-hybridized carbons (Fsp3) is 1.00. The van der Waals surface area contributed by atoms with Crippen LogP contribution in [0.2, 0.25) is 0 Å². The van der Waals surface area contributed by atoms with Crippen molar-refractivity contribution in [3.63, 3.8) is 0 Å². The molecule has 0 heterocycles. The van der Waals surface area contributed by atoms with Gasteiger partial charge in [-0.2, -0.15) is 0 Å². The largest absolute Gasteiger partial charge is 0.0475 e. The van der Waals surface area contributed by atoms with Crippen molar-refractivity contribution in [1.29, 1.82) is 0 Å². The van der Waals surface area contributed by atoms with Gasteiger partial charge < -0.3 is 0 Å². The van der Waals surface area contributed by atoms with Crippen molar-refractivity contribution in [2.45, 2.75) is 38.5 Å². The third-order valence-electron chi connectivity index (χ3n) is 4.00. The summed E-state index contributed by atoms with van der Waals surface area (Å²) in [5.41, 5.74) is 0. The zero-order chi connectivity index (χ0) is 6.55. The van der Waals surface area contributed by atoms with E-state index in [9.17, 15) is 0 Å². The second-order valence-electron chi connectivity index (χ2n) is 4.88. The van der Waals surface area contributed by atoms with Gasteiger partial charge >= 0.3 is 0 Å². The summed E-state index contributed by atoms with van der Waals surface area (Å²) in [6.07, 6.45) is 9.62. The average Bonchev–Trinajstić information content (AvgIpc) is 1.82. The van der Waals surface area contributed by atoms with Gasteiger partial charge in [-0.1, -0.05) is 0 Å². The molecule has 4 saturated carbocycles. The van der Waals surface area contributed by atoms with Crippen molar-refractivity contribution in [2.24, 2.45) is 23.7 Å². The van der Waals surface area contributed by atoms with Gasteiger partial charge in [-0.3, -0.25) is 0 Å². The maximum absolute atomic E-state index is 1.60. The molecule has 4 bridgehead atoms. The third-order valence-corrected chi connectivity index (χ3v) is 4.00. The first-order valence-corrected chi connectivity index (χ1v) is 4.90. The smallest absolute Gasteiger partial charge is 0 e. The molecule has 0 unspecified atom stereocenters. The minimum atomic E-state index is 0. The van der Waals surface area contributed by atoms with Crippen LogP contribution < -0.4 is 0 Å². The molecule has 0 amide bonds. The SMILES string of the molecule is C1C2CC3CC1CC(C2)C3.[Pt]. The van der Waals surface area contributed by atoms with Crippen LogP contribution >= 0.6 is 0 Å². The molecular weight excluding hydrogens is 315 g/mol. The summed E-state index contributed by atoms with van der Waals surface area (Å²) in [6, 6.07) is 0. The number of hydrogen-bond donors (Lipinski definition) is 0. The van der Waals surface area contributed by atoms with E-state index in [-0.39, 0.29) is 21.1 Å². The molecule has 0 aromatic rings. The Labute approximate surface area is 83.4 Å². The molecule has 4 rings (SSSR count). The van der Waals surface area contributed by atoms with Gasteiger partial charge in [0.05, 0.1) is 0 Å². The van der Waals surface area contributed by atoms with Crippen LogP contribution in [0.3, 0.4) is 0 Å². The maximum atomic E-state index is 1.60. The van der Waals surface area contributed by atoms with Crippen molar-refractivity contribution in [1.82, 2.24) is 0 Å². The molecule has 1 heteroatoms. The number of hydrogen-bond acceptors (Lipinski definition) is 0. The third kappa shape index (κ3) is 1.32. The minimum absolute atomic E-state index is 0. The summed E-state index contributed by atoms with van der Waals surface area (Å²) in [7, 11) is 0. The van der Waals surface area contributed by atoms with Crippen LogP contribution in [0.1, 0.15) is 38.5 Å². The zero-order valence-electron chi connectivity index (χ0n) is 6.87. The van der Waals surface area contributed by atoms with Gasteiger partial charge in [-0.25, -0.2) is 0 Å². The molecule has 4 aliphatic rings. The predicted molar refractivity (Wildman–Crippen MR) is 41.7 cm³/mol. The van der Waals surface area contributed by atoms with Crippen LogP contribution in [-0.2, 0) is 21.1 Å². The Morgan fingerprint density at radius 3 is 0.818 bits per heavy atom. The fourth-order valence-electron chi connectivity index (χ4n) is 3.98. The Morgan fingerprint density at radius 1 is 0.455 bits per heavy atom. The molecule has 0 radical (unpaired) electrons. The Balaban J connectivity index is 0.000000480. The topological polar surface area (TPSA) is 0 Å². The molecule has 11 heavy (non-hydrogen) atoms. The summed E-state index contributed by atoms with van der Waals surface area (Å²) in [5.74, 6) is 4.71. The summed E-state index contributed by atoms with van der Waals surface area (Å²) in [5, 5.41) is 0. The summed E-state index contributed by atoms with van der Waals surface area (Å²) in [4.78, 5) is 0. The predicted octanol–water partition coefficient (Wildman–Crippen LogP) is 2.83. The van der Waals surface area contributed by atoms with E-state index in [1.807, 2.05) is 0 Å². The zero-order valence-corrected chi connectivity index (χ0v) is 9.14. The minimum Gasteiger partial charge on any atom is -0.0475 e. The Hall–Kier alpha value is 0.688. The van der Waals surface area contributed by atoms with E-state index in [1.54, 1.807) is 38.5 Å². The monoisotopic (exact) mass is 331 g/mol. The van der Waals surface area contributed by atoms with E-state index in [4.69, 9.17) is 0 Å². The van der Waals surface area contributed by atoms with Crippen molar-refractivity contribution < 1.29 is 21.1 Å². The molecule has 0 aromatic heterocycles. The molecule has 66 valence electrons. The van der Waals surface area contributed by atoms with Crippen molar-refractivity contribution in [3.05, 3.63) is 0 Å². The van der Waals surface area contributed by atoms with Gasteiger partial charge in [0.1, 0.15) is 0 Å². The van der Waals surface area contributed by atoms with Crippen LogP contribution in [0, 0.1) is 23.7 Å². The van der Waals surface area contributed by atoms with E-state index in [1.165, 1.54) is 23.7 Å². The van der Waals surface area contributed by atoms with Gasteiger partial charge in [-0.05, 0) is 62.2 Å². The normalized spacial score (nSPS) is 52.4. The van der Waals surface area contributed by atoms with E-state index in [0.29, 0.717) is 0 Å². The molecule has 0 N–H and O–H groups in total. The molecule has 0 nitrogen and oxygen atoms in total. The summed E-state index contributed by atoms with van der Waals surface area (Å²) < 4.78 is 0. The van der Waals surface area contributed by atoms with E-state index in [0.717, 1.165) is 0 Å². The molecular formula is C10H16Pt. The Kier molecular flexibility index (Phi) is 2.17. The quantitative estimate of drug-likeness (QED) is 0.640. The Morgan fingerprint density at radius 2 is 0.636 bits per heavy atom. The van der Waals surface area contributed by atoms with Crippen LogP contribution in [-0.4, -0.2) is 0 Å². The molecule has 4 aliphatic carbocycles. The van der Waals surface area contributed by atoms with E-state index in [2.05, 4.69) is 0 Å². The molecule has 0 atom stereocenters. The Bertz CT molecular complexity index is 96.4. The van der Waals surface area contributed by atoms with Crippen molar-refractivity contribution in [3.8, 4) is 0 Å². The first-order chi connectivity index (χ1) is 4.90. The summed E-state index contributed by atoms with van der Waals surface area (Å²) in [6.45, 7) is 0. The maximum Gasteiger partial charge on any atom is 0 e. The van der Waals surface area contributed by atoms with Crippen LogP contribution in [0.4, 0.5) is 0 Å². The molecule has 4 fully saturated rings. The first-order valence-electron chi connectivity index (χ1n) is 4.90. The van der Waals surface area contributed by atoms with Crippen LogP contribution in [0.25, 0.3) is 0 Å². The van der Waals surface area contributed by atoms with Gasteiger partial charge in [0.25, 0.3) is 0 Å². The van der Waals surface area contributed by atoms with Crippen LogP contribution in [0.15, 0.2) is 0 Å². The van der Waals surface area contributed by atoms with Gasteiger partial charge in [0, 0.05) is 21.1 Å². The molecule has 0 saturated heterocycles. The average molecular weight is 331 g/mol. The molecule has 0 aromatic carbocycles. The van der Waals surface area contributed by atoms with Crippen molar-refractivity contribution >= 4 is 0 Å². The van der Waals surface area contributed by atoms with E-state index < -0.39 is 0 Å². The number of rotatable bonds is 0. The van der Waals surface area contributed by atoms with Crippen molar-refractivity contribution in [2.75, 3.05) is 0 Å². The standard InChI is InChI=1S/C10H16.Pt/c1-7-2-9-4-8(1)5-10(3-7)6-9;/h7-10H,1-6H2;. The van der Waals surface area contributed by atoms with Crippen LogP contribution in [0.5, 0.6) is 0 Å². The fourth-order valence-corrected chi connectivity index (χ4v) is 3.98.